The molecule has 3 rings (SSSR count). The summed E-state index contributed by atoms with van der Waals surface area (Å²) in [6, 6.07) is 11.5. The molecule has 2 amide bonds. The molecule has 2 aromatic rings. The lowest BCUT2D eigenvalue weighted by molar-refractivity contribution is -0.136. The molecule has 0 aliphatic carbocycles. The lowest BCUT2D eigenvalue weighted by atomic mass is 10.1. The summed E-state index contributed by atoms with van der Waals surface area (Å²) < 4.78 is 4.95. The van der Waals surface area contributed by atoms with Crippen molar-refractivity contribution >= 4 is 17.6 Å². The third-order valence-corrected chi connectivity index (χ3v) is 5.21. The van der Waals surface area contributed by atoms with E-state index in [-0.39, 0.29) is 17.9 Å². The van der Waals surface area contributed by atoms with Crippen LogP contribution in [0.5, 0.6) is 0 Å². The molecule has 1 aromatic heterocycles. The van der Waals surface area contributed by atoms with Crippen molar-refractivity contribution in [3.63, 3.8) is 0 Å². The third kappa shape index (κ3) is 5.88. The number of hydrogen-bond donors (Lipinski definition) is 1. The molecule has 0 bridgehead atoms. The van der Waals surface area contributed by atoms with Gasteiger partial charge in [-0.1, -0.05) is 35.5 Å². The molecule has 1 N–H and O–H groups in total. The zero-order valence-corrected chi connectivity index (χ0v) is 17.3. The maximum absolute atomic E-state index is 12.8. The summed E-state index contributed by atoms with van der Waals surface area (Å²) >= 11 is 0. The highest BCUT2D eigenvalue weighted by molar-refractivity contribution is 5.91. The first-order chi connectivity index (χ1) is 13.9. The van der Waals surface area contributed by atoms with Gasteiger partial charge in [-0.15, -0.1) is 0 Å². The van der Waals surface area contributed by atoms with Crippen molar-refractivity contribution in [2.75, 3.05) is 45.1 Å². The molecule has 1 aliphatic heterocycles. The quantitative estimate of drug-likeness (QED) is 0.761. The molecule has 1 aliphatic rings. The molecule has 1 atom stereocenters. The number of carbonyl (C=O) groups excluding carboxylic acids is 2. The van der Waals surface area contributed by atoms with Crippen molar-refractivity contribution in [2.24, 2.45) is 0 Å². The monoisotopic (exact) mass is 399 g/mol. The van der Waals surface area contributed by atoms with Crippen molar-refractivity contribution < 1.29 is 14.1 Å². The predicted octanol–water partition coefficient (Wildman–Crippen LogP) is 1.59. The zero-order valence-electron chi connectivity index (χ0n) is 17.3. The van der Waals surface area contributed by atoms with Gasteiger partial charge in [0.05, 0.1) is 12.6 Å². The molecular weight excluding hydrogens is 370 g/mol. The Hall–Kier alpha value is -2.71. The lowest BCUT2D eigenvalue weighted by Crippen LogP contribution is -2.54. The van der Waals surface area contributed by atoms with Gasteiger partial charge < -0.3 is 14.7 Å². The van der Waals surface area contributed by atoms with Crippen molar-refractivity contribution in [1.82, 2.24) is 19.9 Å². The summed E-state index contributed by atoms with van der Waals surface area (Å²) in [5, 5.41) is 6.51. The molecule has 29 heavy (non-hydrogen) atoms. The maximum Gasteiger partial charge on any atom is 0.239 e. The Balaban J connectivity index is 1.43. The van der Waals surface area contributed by atoms with Gasteiger partial charge in [0, 0.05) is 45.8 Å². The first kappa shape index (κ1) is 21.0. The molecule has 8 heteroatoms. The van der Waals surface area contributed by atoms with E-state index in [1.807, 2.05) is 44.3 Å². The number of benzene rings is 1. The summed E-state index contributed by atoms with van der Waals surface area (Å²) in [5.41, 5.74) is 1.12. The van der Waals surface area contributed by atoms with Gasteiger partial charge in [0.15, 0.2) is 5.82 Å². The van der Waals surface area contributed by atoms with Gasteiger partial charge in [0.2, 0.25) is 11.8 Å². The molecule has 1 unspecified atom stereocenters. The Bertz CT molecular complexity index is 815. The first-order valence-electron chi connectivity index (χ1n) is 9.91. The Kier molecular flexibility index (Phi) is 7.00. The first-order valence-corrected chi connectivity index (χ1v) is 9.91. The molecule has 1 aromatic carbocycles. The SMILES string of the molecule is Cc1cc(NC(=O)CN2CCN(C(C)C(=O)N(C)Cc3ccccc3)CC2)no1. The third-order valence-electron chi connectivity index (χ3n) is 5.21. The van der Waals surface area contributed by atoms with Gasteiger partial charge in [-0.25, -0.2) is 0 Å². The van der Waals surface area contributed by atoms with Gasteiger partial charge in [-0.2, -0.15) is 0 Å². The van der Waals surface area contributed by atoms with Crippen LogP contribution >= 0.6 is 0 Å². The number of nitrogens with zero attached hydrogens (tertiary/aromatic N) is 4. The smallest absolute Gasteiger partial charge is 0.239 e. The van der Waals surface area contributed by atoms with Crippen molar-refractivity contribution in [3.8, 4) is 0 Å². The molecule has 156 valence electrons. The standard InChI is InChI=1S/C21H29N5O3/c1-16-13-19(23-29-16)22-20(27)15-25-9-11-26(12-10-25)17(2)21(28)24(3)14-18-7-5-4-6-8-18/h4-8,13,17H,9-12,14-15H2,1-3H3,(H,22,23,27). The van der Waals surface area contributed by atoms with Crippen LogP contribution in [0.1, 0.15) is 18.2 Å². The van der Waals surface area contributed by atoms with Crippen LogP contribution in [0.25, 0.3) is 0 Å². The van der Waals surface area contributed by atoms with E-state index in [9.17, 15) is 9.59 Å². The van der Waals surface area contributed by atoms with E-state index in [1.54, 1.807) is 17.9 Å². The van der Waals surface area contributed by atoms with E-state index in [0.29, 0.717) is 24.7 Å². The second kappa shape index (κ2) is 9.67. The normalized spacial score (nSPS) is 16.4. The minimum atomic E-state index is -0.183. The molecule has 0 saturated carbocycles. The van der Waals surface area contributed by atoms with E-state index < -0.39 is 0 Å². The summed E-state index contributed by atoms with van der Waals surface area (Å²) in [4.78, 5) is 31.0. The fourth-order valence-corrected chi connectivity index (χ4v) is 3.53. The Morgan fingerprint density at radius 3 is 2.52 bits per heavy atom. The van der Waals surface area contributed by atoms with Gasteiger partial charge >= 0.3 is 0 Å². The molecule has 1 fully saturated rings. The molecule has 2 heterocycles. The average molecular weight is 399 g/mol. The number of aromatic nitrogens is 1. The predicted molar refractivity (Wildman–Crippen MR) is 110 cm³/mol. The van der Waals surface area contributed by atoms with Crippen LogP contribution in [0.2, 0.25) is 0 Å². The Labute approximate surface area is 171 Å². The number of amides is 2. The van der Waals surface area contributed by atoms with Crippen LogP contribution in [-0.2, 0) is 16.1 Å². The number of nitrogens with one attached hydrogen (secondary N) is 1. The summed E-state index contributed by atoms with van der Waals surface area (Å²) in [5.74, 6) is 1.09. The van der Waals surface area contributed by atoms with Gasteiger partial charge in [0.25, 0.3) is 0 Å². The van der Waals surface area contributed by atoms with Crippen molar-refractivity contribution in [2.45, 2.75) is 26.4 Å². The fourth-order valence-electron chi connectivity index (χ4n) is 3.53. The topological polar surface area (TPSA) is 81.9 Å². The van der Waals surface area contributed by atoms with Crippen LogP contribution in [0, 0.1) is 6.92 Å². The number of likely N-dealkylation sites (N-methyl/N-ethyl adjacent to an activating group) is 1. The highest BCUT2D eigenvalue weighted by atomic mass is 16.5. The average Bonchev–Trinajstić information content (AvgIpc) is 3.12. The van der Waals surface area contributed by atoms with E-state index in [1.165, 1.54) is 0 Å². The number of piperazine rings is 1. The van der Waals surface area contributed by atoms with Crippen molar-refractivity contribution in [1.29, 1.82) is 0 Å². The molecule has 1 saturated heterocycles. The Morgan fingerprint density at radius 2 is 1.90 bits per heavy atom. The molecule has 0 radical (unpaired) electrons. The number of hydrogen-bond acceptors (Lipinski definition) is 6. The fraction of sp³-hybridized carbons (Fsp3) is 0.476. The maximum atomic E-state index is 12.8. The van der Waals surface area contributed by atoms with Gasteiger partial charge in [-0.05, 0) is 19.4 Å². The van der Waals surface area contributed by atoms with Crippen LogP contribution < -0.4 is 5.32 Å². The largest absolute Gasteiger partial charge is 0.360 e. The number of aryl methyl sites for hydroxylation is 1. The van der Waals surface area contributed by atoms with Gasteiger partial charge in [-0.3, -0.25) is 19.4 Å². The molecule has 8 nitrogen and oxygen atoms in total. The highest BCUT2D eigenvalue weighted by Crippen LogP contribution is 2.12. The number of rotatable bonds is 7. The van der Waals surface area contributed by atoms with Crippen LogP contribution in [0.3, 0.4) is 0 Å². The van der Waals surface area contributed by atoms with E-state index in [0.717, 1.165) is 31.7 Å². The van der Waals surface area contributed by atoms with E-state index in [4.69, 9.17) is 4.52 Å². The number of carbonyl (C=O) groups is 2. The highest BCUT2D eigenvalue weighted by Gasteiger charge is 2.28. The second-order valence-electron chi connectivity index (χ2n) is 7.54. The lowest BCUT2D eigenvalue weighted by Gasteiger charge is -2.38. The molecule has 0 spiro atoms. The van der Waals surface area contributed by atoms with Crippen LogP contribution in [0.15, 0.2) is 40.9 Å². The van der Waals surface area contributed by atoms with E-state index in [2.05, 4.69) is 20.3 Å². The van der Waals surface area contributed by atoms with Gasteiger partial charge in [0.1, 0.15) is 5.76 Å². The van der Waals surface area contributed by atoms with E-state index >= 15 is 0 Å². The summed E-state index contributed by atoms with van der Waals surface area (Å²) in [7, 11) is 1.85. The van der Waals surface area contributed by atoms with Crippen LogP contribution in [-0.4, -0.2) is 77.5 Å². The second-order valence-corrected chi connectivity index (χ2v) is 7.54. The minimum Gasteiger partial charge on any atom is -0.360 e. The summed E-state index contributed by atoms with van der Waals surface area (Å²) in [6.07, 6.45) is 0. The van der Waals surface area contributed by atoms with Crippen molar-refractivity contribution in [3.05, 3.63) is 47.7 Å². The van der Waals surface area contributed by atoms with Crippen LogP contribution in [0.4, 0.5) is 5.82 Å². The molecular formula is C21H29N5O3. The Morgan fingerprint density at radius 1 is 1.21 bits per heavy atom. The zero-order chi connectivity index (χ0) is 20.8. The number of anilines is 1. The summed E-state index contributed by atoms with van der Waals surface area (Å²) in [6.45, 7) is 7.63. The minimum absolute atomic E-state index is 0.112.